The monoisotopic (exact) mass is 608 g/mol. The molecule has 1 atom stereocenters. The molecule has 0 bridgehead atoms. The van der Waals surface area contributed by atoms with E-state index in [1.807, 2.05) is 42.5 Å². The maximum Gasteiger partial charge on any atom is 0.338 e. The summed E-state index contributed by atoms with van der Waals surface area (Å²) in [7, 11) is 1.58. The number of benzene rings is 3. The van der Waals surface area contributed by atoms with Gasteiger partial charge in [-0.05, 0) is 55.8 Å². The van der Waals surface area contributed by atoms with Gasteiger partial charge in [-0.1, -0.05) is 70.9 Å². The van der Waals surface area contributed by atoms with E-state index in [0.717, 1.165) is 11.1 Å². The average molecular weight is 610 g/mol. The summed E-state index contributed by atoms with van der Waals surface area (Å²) in [6.45, 7) is 3.92. The Morgan fingerprint density at radius 1 is 1.10 bits per heavy atom. The van der Waals surface area contributed by atoms with Crippen LogP contribution >= 0.6 is 34.5 Å². The first-order valence-electron chi connectivity index (χ1n) is 12.8. The van der Waals surface area contributed by atoms with E-state index in [1.165, 1.54) is 11.3 Å². The highest BCUT2D eigenvalue weighted by Gasteiger charge is 2.33. The average Bonchev–Trinajstić information content (AvgIpc) is 3.26. The molecule has 0 spiro atoms. The Bertz CT molecular complexity index is 1830. The summed E-state index contributed by atoms with van der Waals surface area (Å²) in [4.78, 5) is 32.2. The molecule has 1 unspecified atom stereocenters. The Hall–Kier alpha value is -3.85. The second-order valence-electron chi connectivity index (χ2n) is 9.14. The number of carbonyl (C=O) groups is 1. The molecule has 5 rings (SSSR count). The van der Waals surface area contributed by atoms with Crippen molar-refractivity contribution in [3.8, 4) is 11.5 Å². The summed E-state index contributed by atoms with van der Waals surface area (Å²) in [5, 5.41) is 1.05. The van der Waals surface area contributed by atoms with Gasteiger partial charge in [0.15, 0.2) is 4.80 Å². The number of rotatable bonds is 8. The summed E-state index contributed by atoms with van der Waals surface area (Å²) in [5.41, 5.74) is 2.77. The summed E-state index contributed by atoms with van der Waals surface area (Å²) in [6, 6.07) is 19.2. The van der Waals surface area contributed by atoms with Crippen LogP contribution in [-0.2, 0) is 16.1 Å². The van der Waals surface area contributed by atoms with Gasteiger partial charge in [-0.25, -0.2) is 9.79 Å². The number of ether oxygens (including phenoxy) is 3. The van der Waals surface area contributed by atoms with E-state index in [4.69, 9.17) is 37.4 Å². The van der Waals surface area contributed by atoms with Crippen LogP contribution < -0.4 is 24.4 Å². The molecule has 0 fully saturated rings. The molecule has 3 aromatic carbocycles. The van der Waals surface area contributed by atoms with E-state index in [1.54, 1.807) is 55.9 Å². The fourth-order valence-electron chi connectivity index (χ4n) is 4.56. The number of methoxy groups -OCH3 is 1. The number of thiazole rings is 1. The molecule has 0 aliphatic carbocycles. The van der Waals surface area contributed by atoms with Crippen LogP contribution in [0.3, 0.4) is 0 Å². The molecule has 0 amide bonds. The lowest BCUT2D eigenvalue weighted by Crippen LogP contribution is -2.39. The van der Waals surface area contributed by atoms with Crippen LogP contribution in [-0.4, -0.2) is 24.3 Å². The van der Waals surface area contributed by atoms with Gasteiger partial charge in [-0.15, -0.1) is 0 Å². The van der Waals surface area contributed by atoms with Gasteiger partial charge < -0.3 is 14.2 Å². The largest absolute Gasteiger partial charge is 0.497 e. The Morgan fingerprint density at radius 3 is 2.56 bits per heavy atom. The van der Waals surface area contributed by atoms with Gasteiger partial charge in [-0.3, -0.25) is 9.36 Å². The predicted octanol–water partition coefficient (Wildman–Crippen LogP) is 5.69. The third kappa shape index (κ3) is 5.95. The second kappa shape index (κ2) is 12.3. The third-order valence-electron chi connectivity index (χ3n) is 6.55. The Morgan fingerprint density at radius 2 is 1.85 bits per heavy atom. The van der Waals surface area contributed by atoms with Crippen molar-refractivity contribution in [2.45, 2.75) is 26.5 Å². The third-order valence-corrected chi connectivity index (χ3v) is 8.12. The molecule has 4 aromatic rings. The van der Waals surface area contributed by atoms with E-state index < -0.39 is 12.0 Å². The van der Waals surface area contributed by atoms with Crippen LogP contribution in [0.5, 0.6) is 11.5 Å². The maximum atomic E-state index is 13.9. The first kappa shape index (κ1) is 28.7. The fourth-order valence-corrected chi connectivity index (χ4v) is 6.06. The number of esters is 1. The lowest BCUT2D eigenvalue weighted by molar-refractivity contribution is -0.139. The van der Waals surface area contributed by atoms with Gasteiger partial charge in [0, 0.05) is 21.2 Å². The number of aromatic nitrogens is 1. The lowest BCUT2D eigenvalue weighted by Gasteiger charge is -2.24. The molecule has 7 nitrogen and oxygen atoms in total. The zero-order valence-electron chi connectivity index (χ0n) is 22.5. The van der Waals surface area contributed by atoms with E-state index >= 15 is 0 Å². The van der Waals surface area contributed by atoms with Crippen LogP contribution in [0.1, 0.15) is 36.6 Å². The Kier molecular flexibility index (Phi) is 8.63. The van der Waals surface area contributed by atoms with Crippen molar-refractivity contribution >= 4 is 46.6 Å². The first-order chi connectivity index (χ1) is 19.8. The highest BCUT2D eigenvalue weighted by molar-refractivity contribution is 7.07. The van der Waals surface area contributed by atoms with E-state index in [-0.39, 0.29) is 18.8 Å². The van der Waals surface area contributed by atoms with Gasteiger partial charge in [0.25, 0.3) is 5.56 Å². The molecular formula is C31H26Cl2N2O5S. The van der Waals surface area contributed by atoms with Crippen LogP contribution in [0.25, 0.3) is 6.08 Å². The number of carbonyl (C=O) groups excluding carboxylic acids is 1. The van der Waals surface area contributed by atoms with Crippen molar-refractivity contribution in [1.29, 1.82) is 0 Å². The van der Waals surface area contributed by atoms with Crippen molar-refractivity contribution in [2.24, 2.45) is 4.99 Å². The number of hydrogen-bond donors (Lipinski definition) is 0. The summed E-state index contributed by atoms with van der Waals surface area (Å²) < 4.78 is 18.8. The minimum Gasteiger partial charge on any atom is -0.497 e. The van der Waals surface area contributed by atoms with Crippen molar-refractivity contribution in [3.63, 3.8) is 0 Å². The van der Waals surface area contributed by atoms with E-state index in [9.17, 15) is 9.59 Å². The summed E-state index contributed by atoms with van der Waals surface area (Å²) in [6.07, 6.45) is 1.77. The zero-order chi connectivity index (χ0) is 29.1. The molecule has 0 radical (unpaired) electrons. The van der Waals surface area contributed by atoms with Crippen molar-refractivity contribution in [1.82, 2.24) is 4.57 Å². The highest BCUT2D eigenvalue weighted by Crippen LogP contribution is 2.32. The normalized spacial score (nSPS) is 14.9. The standard InChI is InChI=1S/C31H26Cl2N2O5S/c1-4-39-30(37)27-18(2)34-31-35(28(27)19-10-13-23(38-3)14-11-19)29(36)26(41-31)15-20-7-5-6-8-25(20)40-17-21-9-12-22(32)16-24(21)33/h5-16,28H,4,17H2,1-3H3/b26-15-. The van der Waals surface area contributed by atoms with Crippen molar-refractivity contribution in [3.05, 3.63) is 124 Å². The van der Waals surface area contributed by atoms with Gasteiger partial charge in [0.1, 0.15) is 18.1 Å². The molecule has 10 heteroatoms. The maximum absolute atomic E-state index is 13.9. The van der Waals surface area contributed by atoms with Crippen LogP contribution in [0.2, 0.25) is 10.0 Å². The van der Waals surface area contributed by atoms with Crippen LogP contribution in [0.4, 0.5) is 0 Å². The topological polar surface area (TPSA) is 79.1 Å². The molecule has 0 saturated carbocycles. The fraction of sp³-hybridized carbons (Fsp3) is 0.194. The molecule has 0 saturated heterocycles. The predicted molar refractivity (Wildman–Crippen MR) is 161 cm³/mol. The van der Waals surface area contributed by atoms with Gasteiger partial charge in [-0.2, -0.15) is 0 Å². The Labute approximate surface area is 250 Å². The Balaban J connectivity index is 1.58. The van der Waals surface area contributed by atoms with E-state index in [0.29, 0.717) is 47.7 Å². The zero-order valence-corrected chi connectivity index (χ0v) is 24.8. The molecule has 1 aromatic heterocycles. The van der Waals surface area contributed by atoms with Crippen molar-refractivity contribution < 1.29 is 19.0 Å². The van der Waals surface area contributed by atoms with Gasteiger partial charge >= 0.3 is 5.97 Å². The number of nitrogens with zero attached hydrogens (tertiary/aromatic N) is 2. The quantitative estimate of drug-likeness (QED) is 0.240. The number of hydrogen-bond acceptors (Lipinski definition) is 7. The molecule has 1 aliphatic heterocycles. The van der Waals surface area contributed by atoms with Crippen LogP contribution in [0, 0.1) is 0 Å². The number of para-hydroxylation sites is 1. The smallest absolute Gasteiger partial charge is 0.338 e. The first-order valence-corrected chi connectivity index (χ1v) is 14.4. The minimum absolute atomic E-state index is 0.202. The molecule has 41 heavy (non-hydrogen) atoms. The van der Waals surface area contributed by atoms with Crippen LogP contribution in [0.15, 0.2) is 87.8 Å². The van der Waals surface area contributed by atoms with Gasteiger partial charge in [0.2, 0.25) is 0 Å². The van der Waals surface area contributed by atoms with E-state index in [2.05, 4.69) is 4.99 Å². The second-order valence-corrected chi connectivity index (χ2v) is 11.0. The van der Waals surface area contributed by atoms with Gasteiger partial charge in [0.05, 0.1) is 35.6 Å². The minimum atomic E-state index is -0.711. The molecule has 2 heterocycles. The SMILES string of the molecule is CCOC(=O)C1=C(C)N=c2s/c(=C\c3ccccc3OCc3ccc(Cl)cc3Cl)c(=O)n2C1c1ccc(OC)cc1. The molecule has 0 N–H and O–H groups in total. The number of allylic oxidation sites excluding steroid dienone is 1. The lowest BCUT2D eigenvalue weighted by atomic mass is 9.96. The molecule has 1 aliphatic rings. The number of halogens is 2. The highest BCUT2D eigenvalue weighted by atomic mass is 35.5. The summed E-state index contributed by atoms with van der Waals surface area (Å²) >= 11 is 13.6. The molecule has 210 valence electrons. The van der Waals surface area contributed by atoms with Crippen molar-refractivity contribution in [2.75, 3.05) is 13.7 Å². The summed E-state index contributed by atoms with van der Waals surface area (Å²) in [5.74, 6) is 0.735. The molecular weight excluding hydrogens is 583 g/mol. The number of fused-ring (bicyclic) bond motifs is 1.